The first-order valence-electron chi connectivity index (χ1n) is 7.61. The van der Waals surface area contributed by atoms with E-state index in [0.717, 1.165) is 32.8 Å². The highest BCUT2D eigenvalue weighted by atomic mass is 127. The Kier molecular flexibility index (Phi) is 5.36. The maximum Gasteiger partial charge on any atom is 0.0826 e. The van der Waals surface area contributed by atoms with Gasteiger partial charge in [0.15, 0.2) is 0 Å². The molecule has 5 heteroatoms. The number of nitrogens with one attached hydrogen (secondary N) is 1. The number of rotatable bonds is 4. The van der Waals surface area contributed by atoms with Gasteiger partial charge in [0.05, 0.1) is 15.6 Å². The molecule has 3 nitrogen and oxygen atoms in total. The Hall–Kier alpha value is 0.310. The standard InChI is InChI=1S/C15H23IN2OS/c1-2-18-6-7-19-11(10-18)9-17-13-4-3-5-14-12(13)8-15(16)20-14/h8,11,13,17H,2-7,9-10H2,1H3. The summed E-state index contributed by atoms with van der Waals surface area (Å²) in [6.45, 7) is 7.39. The Bertz CT molecular complexity index is 451. The van der Waals surface area contributed by atoms with Crippen molar-refractivity contribution in [2.24, 2.45) is 0 Å². The van der Waals surface area contributed by atoms with Gasteiger partial charge >= 0.3 is 0 Å². The van der Waals surface area contributed by atoms with Crippen LogP contribution in [0.2, 0.25) is 0 Å². The lowest BCUT2D eigenvalue weighted by Crippen LogP contribution is -2.47. The number of aryl methyl sites for hydroxylation is 1. The summed E-state index contributed by atoms with van der Waals surface area (Å²) < 4.78 is 7.31. The number of hydrogen-bond donors (Lipinski definition) is 1. The molecule has 1 N–H and O–H groups in total. The minimum absolute atomic E-state index is 0.354. The number of ether oxygens (including phenoxy) is 1. The maximum absolute atomic E-state index is 5.89. The number of likely N-dealkylation sites (N-methyl/N-ethyl adjacent to an activating group) is 1. The number of halogens is 1. The first kappa shape index (κ1) is 15.2. The molecule has 0 radical (unpaired) electrons. The minimum Gasteiger partial charge on any atom is -0.374 e. The van der Waals surface area contributed by atoms with Crippen molar-refractivity contribution in [2.75, 3.05) is 32.8 Å². The molecular formula is C15H23IN2OS. The van der Waals surface area contributed by atoms with E-state index in [-0.39, 0.29) is 0 Å². The molecule has 2 atom stereocenters. The van der Waals surface area contributed by atoms with Gasteiger partial charge in [-0.15, -0.1) is 11.3 Å². The van der Waals surface area contributed by atoms with Gasteiger partial charge in [0.1, 0.15) is 0 Å². The van der Waals surface area contributed by atoms with Crippen LogP contribution in [0.25, 0.3) is 0 Å². The van der Waals surface area contributed by atoms with Crippen molar-refractivity contribution in [3.63, 3.8) is 0 Å². The molecule has 2 unspecified atom stereocenters. The van der Waals surface area contributed by atoms with Crippen molar-refractivity contribution in [2.45, 2.75) is 38.3 Å². The van der Waals surface area contributed by atoms with E-state index in [0.29, 0.717) is 12.1 Å². The van der Waals surface area contributed by atoms with Gasteiger partial charge in [0, 0.05) is 30.6 Å². The molecule has 3 rings (SSSR count). The van der Waals surface area contributed by atoms with Gasteiger partial charge in [-0.05, 0) is 60.0 Å². The van der Waals surface area contributed by atoms with Crippen molar-refractivity contribution in [1.82, 2.24) is 10.2 Å². The van der Waals surface area contributed by atoms with Crippen molar-refractivity contribution in [1.29, 1.82) is 0 Å². The third kappa shape index (κ3) is 3.55. The van der Waals surface area contributed by atoms with Gasteiger partial charge in [0.25, 0.3) is 0 Å². The zero-order valence-electron chi connectivity index (χ0n) is 12.0. The predicted molar refractivity (Wildman–Crippen MR) is 92.6 cm³/mol. The highest BCUT2D eigenvalue weighted by Gasteiger charge is 2.25. The third-order valence-corrected chi connectivity index (χ3v) is 6.32. The number of morpholine rings is 1. The topological polar surface area (TPSA) is 24.5 Å². The van der Waals surface area contributed by atoms with Crippen molar-refractivity contribution in [3.05, 3.63) is 19.4 Å². The van der Waals surface area contributed by atoms with Crippen LogP contribution in [0.15, 0.2) is 6.07 Å². The van der Waals surface area contributed by atoms with Crippen LogP contribution >= 0.6 is 33.9 Å². The fourth-order valence-electron chi connectivity index (χ4n) is 3.20. The van der Waals surface area contributed by atoms with E-state index in [1.54, 1.807) is 10.4 Å². The molecule has 1 fully saturated rings. The fourth-order valence-corrected chi connectivity index (χ4v) is 5.32. The Morgan fingerprint density at radius 2 is 2.45 bits per heavy atom. The number of thiophene rings is 1. The van der Waals surface area contributed by atoms with Crippen molar-refractivity contribution < 1.29 is 4.74 Å². The summed E-state index contributed by atoms with van der Waals surface area (Å²) in [5.41, 5.74) is 1.55. The average molecular weight is 406 g/mol. The SMILES string of the molecule is CCN1CCOC(CNC2CCCc3sc(I)cc32)C1. The van der Waals surface area contributed by atoms with E-state index in [2.05, 4.69) is 45.8 Å². The summed E-state index contributed by atoms with van der Waals surface area (Å²) >= 11 is 4.42. The molecule has 0 amide bonds. The highest BCUT2D eigenvalue weighted by Crippen LogP contribution is 2.36. The molecule has 2 aliphatic rings. The zero-order chi connectivity index (χ0) is 13.9. The maximum atomic E-state index is 5.89. The molecule has 0 bridgehead atoms. The Morgan fingerprint density at radius 3 is 3.30 bits per heavy atom. The molecule has 20 heavy (non-hydrogen) atoms. The first-order chi connectivity index (χ1) is 9.76. The van der Waals surface area contributed by atoms with Crippen molar-refractivity contribution >= 4 is 33.9 Å². The van der Waals surface area contributed by atoms with Gasteiger partial charge < -0.3 is 10.1 Å². The first-order valence-corrected chi connectivity index (χ1v) is 9.51. The summed E-state index contributed by atoms with van der Waals surface area (Å²) in [5.74, 6) is 0. The average Bonchev–Trinajstić information content (AvgIpc) is 2.86. The summed E-state index contributed by atoms with van der Waals surface area (Å²) in [4.78, 5) is 4.08. The van der Waals surface area contributed by atoms with Gasteiger partial charge in [0.2, 0.25) is 0 Å². The van der Waals surface area contributed by atoms with Crippen LogP contribution in [0.5, 0.6) is 0 Å². The van der Waals surface area contributed by atoms with E-state index in [1.165, 1.54) is 22.1 Å². The molecular weight excluding hydrogens is 383 g/mol. The van der Waals surface area contributed by atoms with Crippen LogP contribution in [0.4, 0.5) is 0 Å². The number of nitrogens with zero attached hydrogens (tertiary/aromatic N) is 1. The Morgan fingerprint density at radius 1 is 1.55 bits per heavy atom. The fraction of sp³-hybridized carbons (Fsp3) is 0.733. The van der Waals surface area contributed by atoms with E-state index in [1.807, 2.05) is 11.3 Å². The largest absolute Gasteiger partial charge is 0.374 e. The molecule has 112 valence electrons. The summed E-state index contributed by atoms with van der Waals surface area (Å²) in [6.07, 6.45) is 4.20. The molecule has 1 aliphatic carbocycles. The zero-order valence-corrected chi connectivity index (χ0v) is 15.0. The number of fused-ring (bicyclic) bond motifs is 1. The van der Waals surface area contributed by atoms with Crippen LogP contribution in [-0.2, 0) is 11.2 Å². The molecule has 1 aliphatic heterocycles. The monoisotopic (exact) mass is 406 g/mol. The van der Waals surface area contributed by atoms with Crippen molar-refractivity contribution in [3.8, 4) is 0 Å². The predicted octanol–water partition coefficient (Wildman–Crippen LogP) is 3.04. The van der Waals surface area contributed by atoms with E-state index >= 15 is 0 Å². The second-order valence-electron chi connectivity index (χ2n) is 5.67. The molecule has 1 aromatic heterocycles. The molecule has 1 saturated heterocycles. The molecule has 0 saturated carbocycles. The van der Waals surface area contributed by atoms with Crippen LogP contribution in [-0.4, -0.2) is 43.8 Å². The lowest BCUT2D eigenvalue weighted by atomic mass is 9.94. The van der Waals surface area contributed by atoms with Crippen LogP contribution in [0, 0.1) is 2.88 Å². The van der Waals surface area contributed by atoms with Crippen LogP contribution in [0.3, 0.4) is 0 Å². The summed E-state index contributed by atoms with van der Waals surface area (Å²) in [7, 11) is 0. The lowest BCUT2D eigenvalue weighted by Gasteiger charge is -2.33. The summed E-state index contributed by atoms with van der Waals surface area (Å²) in [5, 5.41) is 3.76. The number of hydrogen-bond acceptors (Lipinski definition) is 4. The molecule has 0 aromatic carbocycles. The normalized spacial score (nSPS) is 27.5. The molecule has 1 aromatic rings. The Balaban J connectivity index is 1.56. The second kappa shape index (κ2) is 7.05. The van der Waals surface area contributed by atoms with E-state index < -0.39 is 0 Å². The van der Waals surface area contributed by atoms with Gasteiger partial charge in [-0.1, -0.05) is 6.92 Å². The highest BCUT2D eigenvalue weighted by molar-refractivity contribution is 14.1. The lowest BCUT2D eigenvalue weighted by molar-refractivity contribution is -0.0265. The summed E-state index contributed by atoms with van der Waals surface area (Å²) in [6, 6.07) is 2.91. The van der Waals surface area contributed by atoms with Gasteiger partial charge in [-0.2, -0.15) is 0 Å². The minimum atomic E-state index is 0.354. The Labute approximate surface area is 139 Å². The third-order valence-electron chi connectivity index (χ3n) is 4.35. The second-order valence-corrected chi connectivity index (χ2v) is 8.70. The smallest absolute Gasteiger partial charge is 0.0826 e. The molecule has 0 spiro atoms. The van der Waals surface area contributed by atoms with Crippen LogP contribution < -0.4 is 5.32 Å². The quantitative estimate of drug-likeness (QED) is 0.779. The van der Waals surface area contributed by atoms with Gasteiger partial charge in [-0.25, -0.2) is 0 Å². The van der Waals surface area contributed by atoms with E-state index in [4.69, 9.17) is 4.74 Å². The van der Waals surface area contributed by atoms with E-state index in [9.17, 15) is 0 Å². The van der Waals surface area contributed by atoms with Gasteiger partial charge in [-0.3, -0.25) is 4.90 Å². The molecule has 2 heterocycles. The van der Waals surface area contributed by atoms with Crippen LogP contribution in [0.1, 0.15) is 36.2 Å².